The van der Waals surface area contributed by atoms with Crippen molar-refractivity contribution in [3.8, 4) is 0 Å². The minimum absolute atomic E-state index is 0.0174. The van der Waals surface area contributed by atoms with E-state index in [4.69, 9.17) is 5.11 Å². The molecule has 10 heteroatoms. The highest BCUT2D eigenvalue weighted by atomic mass is 16.4. The molecule has 0 aromatic rings. The standard InChI is InChI=1S/C24H30O10/c1-21-4-2-12-13-3-5-22(32,9-18(26)27)7-15(13)17(25)6-14(12)16(21)8-23(33,10-19(28)29)24(21,34)11-20(30)31/h3,7,12,14,16,32-34H,2,4-6,8-11H2,1H3,(H,26,27)(H,28,29)(H,30,31)/t12-,14-,16+,21+,22?,23+,24-/m1/s1. The molecule has 4 aliphatic carbocycles. The highest BCUT2D eigenvalue weighted by Crippen LogP contribution is 2.68. The van der Waals surface area contributed by atoms with E-state index < -0.39 is 65.3 Å². The molecule has 3 fully saturated rings. The topological polar surface area (TPSA) is 190 Å². The number of carboxylic acids is 3. The number of fused-ring (bicyclic) bond motifs is 5. The van der Waals surface area contributed by atoms with Crippen molar-refractivity contribution < 1.29 is 49.8 Å². The van der Waals surface area contributed by atoms with E-state index in [0.717, 1.165) is 0 Å². The average Bonchev–Trinajstić information content (AvgIpc) is 2.84. The van der Waals surface area contributed by atoms with E-state index in [-0.39, 0.29) is 36.9 Å². The number of aliphatic hydroxyl groups is 3. The summed E-state index contributed by atoms with van der Waals surface area (Å²) in [6.07, 6.45) is 1.54. The second-order valence-electron chi connectivity index (χ2n) is 10.8. The maximum absolute atomic E-state index is 13.1. The number of carbonyl (C=O) groups is 4. The van der Waals surface area contributed by atoms with Gasteiger partial charge < -0.3 is 30.6 Å². The first kappa shape index (κ1) is 24.6. The molecule has 10 nitrogen and oxygen atoms in total. The van der Waals surface area contributed by atoms with Crippen molar-refractivity contribution >= 4 is 23.7 Å². The lowest BCUT2D eigenvalue weighted by atomic mass is 9.51. The number of rotatable bonds is 6. The fourth-order valence-corrected chi connectivity index (χ4v) is 7.40. The summed E-state index contributed by atoms with van der Waals surface area (Å²) in [5.74, 6) is -5.23. The predicted octanol–water partition coefficient (Wildman–Crippen LogP) is 0.885. The van der Waals surface area contributed by atoms with Crippen LogP contribution in [-0.4, -0.2) is 71.1 Å². The largest absolute Gasteiger partial charge is 0.481 e. The van der Waals surface area contributed by atoms with Crippen LogP contribution >= 0.6 is 0 Å². The van der Waals surface area contributed by atoms with Crippen LogP contribution in [0.5, 0.6) is 0 Å². The highest BCUT2D eigenvalue weighted by Gasteiger charge is 2.73. The Labute approximate surface area is 195 Å². The molecule has 186 valence electrons. The van der Waals surface area contributed by atoms with Crippen molar-refractivity contribution in [2.45, 2.75) is 75.1 Å². The van der Waals surface area contributed by atoms with Crippen molar-refractivity contribution in [2.75, 3.05) is 0 Å². The number of carbonyl (C=O) groups excluding carboxylic acids is 1. The summed E-state index contributed by atoms with van der Waals surface area (Å²) in [5, 5.41) is 61.7. The zero-order valence-corrected chi connectivity index (χ0v) is 18.9. The van der Waals surface area contributed by atoms with Gasteiger partial charge in [-0.1, -0.05) is 13.0 Å². The van der Waals surface area contributed by atoms with Gasteiger partial charge in [-0.05, 0) is 55.1 Å². The fraction of sp³-hybridized carbons (Fsp3) is 0.667. The van der Waals surface area contributed by atoms with Gasteiger partial charge in [0.1, 0.15) is 11.2 Å². The van der Waals surface area contributed by atoms with E-state index in [2.05, 4.69) is 0 Å². The molecule has 4 rings (SSSR count). The lowest BCUT2D eigenvalue weighted by molar-refractivity contribution is -0.204. The molecule has 0 aromatic heterocycles. The Balaban J connectivity index is 1.72. The van der Waals surface area contributed by atoms with Gasteiger partial charge in [0.05, 0.1) is 24.9 Å². The molecule has 0 spiro atoms. The third kappa shape index (κ3) is 3.50. The smallest absolute Gasteiger partial charge is 0.306 e. The van der Waals surface area contributed by atoms with Gasteiger partial charge in [0, 0.05) is 17.4 Å². The van der Waals surface area contributed by atoms with E-state index in [9.17, 15) is 44.7 Å². The Kier molecular flexibility index (Phi) is 5.58. The van der Waals surface area contributed by atoms with Crippen LogP contribution in [0.3, 0.4) is 0 Å². The average molecular weight is 478 g/mol. The maximum atomic E-state index is 13.1. The van der Waals surface area contributed by atoms with Crippen LogP contribution in [0.15, 0.2) is 23.3 Å². The molecule has 0 bridgehead atoms. The van der Waals surface area contributed by atoms with Crippen LogP contribution in [0.1, 0.15) is 58.3 Å². The molecule has 0 radical (unpaired) electrons. The van der Waals surface area contributed by atoms with Crippen LogP contribution in [0.25, 0.3) is 0 Å². The van der Waals surface area contributed by atoms with Crippen molar-refractivity contribution in [3.05, 3.63) is 23.3 Å². The van der Waals surface area contributed by atoms with E-state index in [1.165, 1.54) is 6.08 Å². The number of allylic oxidation sites excluding steroid dienone is 2. The quantitative estimate of drug-likeness (QED) is 0.320. The van der Waals surface area contributed by atoms with Crippen LogP contribution < -0.4 is 0 Å². The summed E-state index contributed by atoms with van der Waals surface area (Å²) in [6.45, 7) is 1.67. The molecule has 6 N–H and O–H groups in total. The zero-order chi connectivity index (χ0) is 25.3. The Bertz CT molecular complexity index is 1030. The molecular formula is C24H30O10. The summed E-state index contributed by atoms with van der Waals surface area (Å²) >= 11 is 0. The van der Waals surface area contributed by atoms with Crippen LogP contribution in [-0.2, 0) is 19.2 Å². The number of carboxylic acid groups (broad SMARTS) is 3. The summed E-state index contributed by atoms with van der Waals surface area (Å²) in [5.41, 5.74) is -6.16. The third-order valence-electron chi connectivity index (χ3n) is 8.93. The van der Waals surface area contributed by atoms with Crippen molar-refractivity contribution in [2.24, 2.45) is 23.2 Å². The molecule has 0 aliphatic heterocycles. The lowest BCUT2D eigenvalue weighted by Crippen LogP contribution is -2.61. The molecule has 0 heterocycles. The van der Waals surface area contributed by atoms with Crippen molar-refractivity contribution in [1.29, 1.82) is 0 Å². The molecule has 3 saturated carbocycles. The number of Topliss-reactive ketones (excluding diaryl/α,β-unsaturated/α-hetero) is 1. The van der Waals surface area contributed by atoms with Crippen LogP contribution in [0.4, 0.5) is 0 Å². The van der Waals surface area contributed by atoms with Gasteiger partial charge in [-0.15, -0.1) is 0 Å². The first-order chi connectivity index (χ1) is 15.6. The van der Waals surface area contributed by atoms with Gasteiger partial charge in [0.15, 0.2) is 5.78 Å². The van der Waals surface area contributed by atoms with Gasteiger partial charge >= 0.3 is 17.9 Å². The summed E-state index contributed by atoms with van der Waals surface area (Å²) in [6, 6.07) is 0. The van der Waals surface area contributed by atoms with Crippen molar-refractivity contribution in [1.82, 2.24) is 0 Å². The van der Waals surface area contributed by atoms with Gasteiger partial charge in [-0.2, -0.15) is 0 Å². The molecular weight excluding hydrogens is 448 g/mol. The van der Waals surface area contributed by atoms with Crippen LogP contribution in [0, 0.1) is 23.2 Å². The Morgan fingerprint density at radius 3 is 2.21 bits per heavy atom. The summed E-state index contributed by atoms with van der Waals surface area (Å²) in [7, 11) is 0. The summed E-state index contributed by atoms with van der Waals surface area (Å²) < 4.78 is 0. The minimum atomic E-state index is -2.19. The van der Waals surface area contributed by atoms with E-state index in [1.807, 2.05) is 0 Å². The molecule has 4 aliphatic rings. The van der Waals surface area contributed by atoms with Gasteiger partial charge in [0.2, 0.25) is 0 Å². The summed E-state index contributed by atoms with van der Waals surface area (Å²) in [4.78, 5) is 47.5. The van der Waals surface area contributed by atoms with Gasteiger partial charge in [-0.25, -0.2) is 0 Å². The predicted molar refractivity (Wildman–Crippen MR) is 114 cm³/mol. The zero-order valence-electron chi connectivity index (χ0n) is 18.9. The third-order valence-corrected chi connectivity index (χ3v) is 8.93. The highest BCUT2D eigenvalue weighted by molar-refractivity contribution is 6.01. The van der Waals surface area contributed by atoms with E-state index in [1.54, 1.807) is 13.0 Å². The first-order valence-electron chi connectivity index (χ1n) is 11.4. The molecule has 7 atom stereocenters. The van der Waals surface area contributed by atoms with Crippen LogP contribution in [0.2, 0.25) is 0 Å². The lowest BCUT2D eigenvalue weighted by Gasteiger charge is -2.54. The Hall–Kier alpha value is -2.56. The number of hydrogen-bond donors (Lipinski definition) is 6. The first-order valence-corrected chi connectivity index (χ1v) is 11.4. The van der Waals surface area contributed by atoms with E-state index in [0.29, 0.717) is 24.0 Å². The normalized spacial score (nSPS) is 43.2. The number of ketones is 1. The van der Waals surface area contributed by atoms with E-state index >= 15 is 0 Å². The SMILES string of the molecule is C[C@]12CC[C@@H]3C4=CCC(O)(CC(=O)O)C=C4C(=O)C[C@H]3[C@@H]1C[C@](O)(CC(=O)O)[C@@]2(O)CC(=O)O. The minimum Gasteiger partial charge on any atom is -0.481 e. The second kappa shape index (κ2) is 7.73. The van der Waals surface area contributed by atoms with Gasteiger partial charge in [-0.3, -0.25) is 19.2 Å². The molecule has 1 unspecified atom stereocenters. The Morgan fingerprint density at radius 2 is 1.62 bits per heavy atom. The molecule has 34 heavy (non-hydrogen) atoms. The molecule has 0 aromatic carbocycles. The Morgan fingerprint density at radius 1 is 1.00 bits per heavy atom. The fourth-order valence-electron chi connectivity index (χ4n) is 7.40. The monoisotopic (exact) mass is 478 g/mol. The number of hydrogen-bond acceptors (Lipinski definition) is 7. The second-order valence-corrected chi connectivity index (χ2v) is 10.8. The molecule has 0 saturated heterocycles. The van der Waals surface area contributed by atoms with Gasteiger partial charge in [0.25, 0.3) is 0 Å². The van der Waals surface area contributed by atoms with Crippen molar-refractivity contribution in [3.63, 3.8) is 0 Å². The maximum Gasteiger partial charge on any atom is 0.306 e. The number of aliphatic carboxylic acids is 3. The molecule has 0 amide bonds.